The van der Waals surface area contributed by atoms with Crippen molar-refractivity contribution in [1.29, 1.82) is 0 Å². The number of nitrogens with one attached hydrogen (secondary N) is 2. The van der Waals surface area contributed by atoms with Crippen LogP contribution in [0.25, 0.3) is 0 Å². The van der Waals surface area contributed by atoms with Crippen molar-refractivity contribution in [3.8, 4) is 0 Å². The van der Waals surface area contributed by atoms with Crippen LogP contribution < -0.4 is 10.6 Å². The monoisotopic (exact) mass is 278 g/mol. The zero-order chi connectivity index (χ0) is 15.2. The summed E-state index contributed by atoms with van der Waals surface area (Å²) in [7, 11) is 0. The number of hydrogen-bond donors (Lipinski definition) is 3. The Bertz CT molecular complexity index is 416. The molecule has 0 aliphatic carbocycles. The first-order valence-electron chi connectivity index (χ1n) is 7.12. The van der Waals surface area contributed by atoms with Gasteiger partial charge in [0.2, 0.25) is 5.91 Å². The fourth-order valence-electron chi connectivity index (χ4n) is 1.80. The minimum atomic E-state index is -0.992. The second kappa shape index (κ2) is 7.41. The number of benzene rings is 1. The second-order valence-electron chi connectivity index (χ2n) is 5.88. The largest absolute Gasteiger partial charge is 0.384 e. The van der Waals surface area contributed by atoms with Gasteiger partial charge in [-0.3, -0.25) is 4.79 Å². The molecule has 1 amide bonds. The third-order valence-corrected chi connectivity index (χ3v) is 3.23. The summed E-state index contributed by atoms with van der Waals surface area (Å²) in [5.41, 5.74) is -0.157. The highest BCUT2D eigenvalue weighted by atomic mass is 16.3. The van der Waals surface area contributed by atoms with Crippen molar-refractivity contribution in [2.45, 2.75) is 39.3 Å². The van der Waals surface area contributed by atoms with E-state index in [0.29, 0.717) is 19.0 Å². The molecule has 20 heavy (non-hydrogen) atoms. The summed E-state index contributed by atoms with van der Waals surface area (Å²) in [5, 5.41) is 16.4. The lowest BCUT2D eigenvalue weighted by atomic mass is 9.96. The molecule has 1 aromatic rings. The Morgan fingerprint density at radius 3 is 2.40 bits per heavy atom. The van der Waals surface area contributed by atoms with Crippen LogP contribution in [0.2, 0.25) is 0 Å². The van der Waals surface area contributed by atoms with Crippen LogP contribution in [-0.4, -0.2) is 30.1 Å². The average Bonchev–Trinajstić information content (AvgIpc) is 2.43. The molecule has 0 bridgehead atoms. The first-order chi connectivity index (χ1) is 9.33. The maximum atomic E-state index is 11.8. The summed E-state index contributed by atoms with van der Waals surface area (Å²) >= 11 is 0. The summed E-state index contributed by atoms with van der Waals surface area (Å²) in [6.45, 7) is 8.65. The van der Waals surface area contributed by atoms with Gasteiger partial charge in [0, 0.05) is 13.1 Å². The van der Waals surface area contributed by atoms with E-state index < -0.39 is 5.60 Å². The Hall–Kier alpha value is -1.39. The summed E-state index contributed by atoms with van der Waals surface area (Å²) in [6, 6.07) is 9.13. The molecule has 4 heteroatoms. The second-order valence-corrected chi connectivity index (χ2v) is 5.88. The minimum absolute atomic E-state index is 0.0393. The van der Waals surface area contributed by atoms with Crippen LogP contribution in [-0.2, 0) is 10.4 Å². The van der Waals surface area contributed by atoms with E-state index in [0.717, 1.165) is 5.56 Å². The summed E-state index contributed by atoms with van der Waals surface area (Å²) in [5.74, 6) is 0.390. The van der Waals surface area contributed by atoms with Crippen LogP contribution in [0.15, 0.2) is 30.3 Å². The van der Waals surface area contributed by atoms with Crippen molar-refractivity contribution in [2.75, 3.05) is 13.1 Å². The van der Waals surface area contributed by atoms with Crippen LogP contribution >= 0.6 is 0 Å². The van der Waals surface area contributed by atoms with Gasteiger partial charge in [0.05, 0.1) is 11.6 Å². The molecule has 0 aliphatic rings. The molecule has 0 aromatic heterocycles. The van der Waals surface area contributed by atoms with E-state index in [1.54, 1.807) is 13.8 Å². The molecule has 4 nitrogen and oxygen atoms in total. The number of rotatable bonds is 7. The highest BCUT2D eigenvalue weighted by molar-refractivity contribution is 5.81. The molecule has 0 saturated heterocycles. The third-order valence-electron chi connectivity index (χ3n) is 3.23. The zero-order valence-corrected chi connectivity index (χ0v) is 12.8. The fraction of sp³-hybridized carbons (Fsp3) is 0.562. The molecule has 0 heterocycles. The predicted octanol–water partition coefficient (Wildman–Crippen LogP) is 1.64. The van der Waals surface area contributed by atoms with Gasteiger partial charge in [-0.1, -0.05) is 44.2 Å². The standard InChI is InChI=1S/C16H26N2O2/c1-12(2)10-17-15(19)13(3)18-11-16(4,20)14-8-6-5-7-9-14/h5-9,12-13,18,20H,10-11H2,1-4H3,(H,17,19). The van der Waals surface area contributed by atoms with Crippen LogP contribution in [0.5, 0.6) is 0 Å². The van der Waals surface area contributed by atoms with Gasteiger partial charge in [-0.25, -0.2) is 0 Å². The van der Waals surface area contributed by atoms with Crippen molar-refractivity contribution in [2.24, 2.45) is 5.92 Å². The Labute approximate surface area is 121 Å². The molecule has 1 rings (SSSR count). The summed E-state index contributed by atoms with van der Waals surface area (Å²) in [6.07, 6.45) is 0. The van der Waals surface area contributed by atoms with E-state index in [2.05, 4.69) is 24.5 Å². The maximum Gasteiger partial charge on any atom is 0.236 e. The van der Waals surface area contributed by atoms with Crippen molar-refractivity contribution in [3.63, 3.8) is 0 Å². The Morgan fingerprint density at radius 1 is 1.25 bits per heavy atom. The number of aliphatic hydroxyl groups is 1. The van der Waals surface area contributed by atoms with Crippen molar-refractivity contribution < 1.29 is 9.90 Å². The van der Waals surface area contributed by atoms with Crippen LogP contribution in [0.1, 0.15) is 33.3 Å². The first kappa shape index (κ1) is 16.7. The van der Waals surface area contributed by atoms with Gasteiger partial charge < -0.3 is 15.7 Å². The quantitative estimate of drug-likeness (QED) is 0.710. The fourth-order valence-corrected chi connectivity index (χ4v) is 1.80. The van der Waals surface area contributed by atoms with Crippen molar-refractivity contribution in [3.05, 3.63) is 35.9 Å². The normalized spacial score (nSPS) is 15.7. The predicted molar refractivity (Wildman–Crippen MR) is 81.3 cm³/mol. The highest BCUT2D eigenvalue weighted by Gasteiger charge is 2.24. The highest BCUT2D eigenvalue weighted by Crippen LogP contribution is 2.19. The van der Waals surface area contributed by atoms with E-state index in [-0.39, 0.29) is 11.9 Å². The smallest absolute Gasteiger partial charge is 0.236 e. The van der Waals surface area contributed by atoms with E-state index in [9.17, 15) is 9.90 Å². The Morgan fingerprint density at radius 2 is 1.85 bits per heavy atom. The Balaban J connectivity index is 2.47. The van der Waals surface area contributed by atoms with Crippen molar-refractivity contribution >= 4 is 5.91 Å². The van der Waals surface area contributed by atoms with Crippen LogP contribution in [0, 0.1) is 5.92 Å². The van der Waals surface area contributed by atoms with E-state index >= 15 is 0 Å². The van der Waals surface area contributed by atoms with Crippen LogP contribution in [0.4, 0.5) is 0 Å². The lowest BCUT2D eigenvalue weighted by Gasteiger charge is -2.26. The molecule has 0 aliphatic heterocycles. The molecule has 1 aromatic carbocycles. The van der Waals surface area contributed by atoms with E-state index in [1.165, 1.54) is 0 Å². The van der Waals surface area contributed by atoms with Gasteiger partial charge >= 0.3 is 0 Å². The number of hydrogen-bond acceptors (Lipinski definition) is 3. The molecule has 0 fully saturated rings. The molecule has 0 spiro atoms. The maximum absolute atomic E-state index is 11.8. The van der Waals surface area contributed by atoms with E-state index in [1.807, 2.05) is 30.3 Å². The Kier molecular flexibility index (Phi) is 6.17. The van der Waals surface area contributed by atoms with Gasteiger partial charge in [-0.15, -0.1) is 0 Å². The number of carbonyl (C=O) groups excluding carboxylic acids is 1. The summed E-state index contributed by atoms with van der Waals surface area (Å²) < 4.78 is 0. The SMILES string of the molecule is CC(C)CNC(=O)C(C)NCC(C)(O)c1ccccc1. The lowest BCUT2D eigenvalue weighted by Crippen LogP contribution is -2.47. The van der Waals surface area contributed by atoms with Crippen LogP contribution in [0.3, 0.4) is 0 Å². The molecule has 112 valence electrons. The average molecular weight is 278 g/mol. The van der Waals surface area contributed by atoms with Gasteiger partial charge in [-0.05, 0) is 25.3 Å². The molecule has 3 N–H and O–H groups in total. The van der Waals surface area contributed by atoms with Gasteiger partial charge in [-0.2, -0.15) is 0 Å². The number of amides is 1. The minimum Gasteiger partial charge on any atom is -0.384 e. The molecule has 0 radical (unpaired) electrons. The molecular formula is C16H26N2O2. The molecule has 0 saturated carbocycles. The first-order valence-corrected chi connectivity index (χ1v) is 7.12. The van der Waals surface area contributed by atoms with Crippen molar-refractivity contribution in [1.82, 2.24) is 10.6 Å². The molecule has 2 unspecified atom stereocenters. The molecular weight excluding hydrogens is 252 g/mol. The third kappa shape index (κ3) is 5.31. The van der Waals surface area contributed by atoms with Gasteiger partial charge in [0.1, 0.15) is 0 Å². The lowest BCUT2D eigenvalue weighted by molar-refractivity contribution is -0.123. The topological polar surface area (TPSA) is 61.4 Å². The van der Waals surface area contributed by atoms with Gasteiger partial charge in [0.15, 0.2) is 0 Å². The van der Waals surface area contributed by atoms with Gasteiger partial charge in [0.25, 0.3) is 0 Å². The molecule has 2 atom stereocenters. The van der Waals surface area contributed by atoms with E-state index in [4.69, 9.17) is 0 Å². The zero-order valence-electron chi connectivity index (χ0n) is 12.8. The summed E-state index contributed by atoms with van der Waals surface area (Å²) in [4.78, 5) is 11.8. The number of carbonyl (C=O) groups is 1.